The molecule has 6 heteroatoms. The van der Waals surface area contributed by atoms with E-state index < -0.39 is 0 Å². The highest BCUT2D eigenvalue weighted by atomic mass is 16.2. The van der Waals surface area contributed by atoms with Crippen molar-refractivity contribution in [1.82, 2.24) is 20.4 Å². The molecule has 3 amide bonds. The minimum absolute atomic E-state index is 0.0441. The highest BCUT2D eigenvalue weighted by Gasteiger charge is 2.33. The standard InChI is InChI=1S/C17H30N4O2/c1-13-11-18-7-6-15(13)19-16(22)14-5-4-10-21(12-14)17(23)20-8-2-3-9-20/h13-15,18H,2-12H2,1H3,(H,19,22). The Morgan fingerprint density at radius 2 is 1.78 bits per heavy atom. The van der Waals surface area contributed by atoms with Crippen LogP contribution in [-0.4, -0.2) is 67.0 Å². The topological polar surface area (TPSA) is 64.7 Å². The molecule has 0 bridgehead atoms. The fraction of sp³-hybridized carbons (Fsp3) is 0.882. The molecule has 3 rings (SSSR count). The van der Waals surface area contributed by atoms with Gasteiger partial charge in [-0.25, -0.2) is 4.79 Å². The fourth-order valence-corrected chi connectivity index (χ4v) is 4.00. The normalized spacial score (nSPS) is 32.0. The van der Waals surface area contributed by atoms with E-state index in [-0.39, 0.29) is 23.9 Å². The zero-order valence-electron chi connectivity index (χ0n) is 14.2. The first-order valence-corrected chi connectivity index (χ1v) is 9.20. The average Bonchev–Trinajstić information content (AvgIpc) is 3.11. The Labute approximate surface area is 139 Å². The molecule has 3 heterocycles. The van der Waals surface area contributed by atoms with Crippen LogP contribution in [0.15, 0.2) is 0 Å². The second kappa shape index (κ2) is 7.51. The predicted molar refractivity (Wildman–Crippen MR) is 89.1 cm³/mol. The first-order chi connectivity index (χ1) is 11.1. The Morgan fingerprint density at radius 1 is 1.04 bits per heavy atom. The van der Waals surface area contributed by atoms with Gasteiger partial charge in [-0.2, -0.15) is 0 Å². The Balaban J connectivity index is 1.52. The van der Waals surface area contributed by atoms with Gasteiger partial charge in [-0.1, -0.05) is 6.92 Å². The second-order valence-electron chi connectivity index (χ2n) is 7.35. The van der Waals surface area contributed by atoms with Crippen LogP contribution in [0.1, 0.15) is 39.0 Å². The maximum atomic E-state index is 12.6. The van der Waals surface area contributed by atoms with Gasteiger partial charge in [-0.3, -0.25) is 4.79 Å². The van der Waals surface area contributed by atoms with Crippen LogP contribution < -0.4 is 10.6 Å². The average molecular weight is 322 g/mol. The van der Waals surface area contributed by atoms with Crippen LogP contribution in [0, 0.1) is 11.8 Å². The van der Waals surface area contributed by atoms with Crippen LogP contribution in [0.3, 0.4) is 0 Å². The number of hydrogen-bond donors (Lipinski definition) is 2. The molecule has 2 N–H and O–H groups in total. The molecule has 0 aromatic heterocycles. The Bertz CT molecular complexity index is 436. The summed E-state index contributed by atoms with van der Waals surface area (Å²) in [6.07, 6.45) is 5.04. The molecule has 3 unspecified atom stereocenters. The number of carbonyl (C=O) groups is 2. The van der Waals surface area contributed by atoms with Crippen LogP contribution in [0.2, 0.25) is 0 Å². The van der Waals surface area contributed by atoms with E-state index in [0.29, 0.717) is 12.5 Å². The number of carbonyl (C=O) groups excluding carboxylic acids is 2. The first-order valence-electron chi connectivity index (χ1n) is 9.20. The lowest BCUT2D eigenvalue weighted by molar-refractivity contribution is -0.127. The molecule has 3 aliphatic heterocycles. The van der Waals surface area contributed by atoms with Crippen molar-refractivity contribution in [2.24, 2.45) is 11.8 Å². The van der Waals surface area contributed by atoms with E-state index in [2.05, 4.69) is 17.6 Å². The molecule has 3 aliphatic rings. The van der Waals surface area contributed by atoms with Crippen LogP contribution in [-0.2, 0) is 4.79 Å². The number of likely N-dealkylation sites (tertiary alicyclic amines) is 2. The Morgan fingerprint density at radius 3 is 2.52 bits per heavy atom. The highest BCUT2D eigenvalue weighted by Crippen LogP contribution is 2.21. The maximum Gasteiger partial charge on any atom is 0.320 e. The number of hydrogen-bond acceptors (Lipinski definition) is 3. The molecule has 3 saturated heterocycles. The van der Waals surface area contributed by atoms with E-state index in [1.165, 1.54) is 0 Å². The molecule has 0 radical (unpaired) electrons. The van der Waals surface area contributed by atoms with Crippen molar-refractivity contribution in [3.63, 3.8) is 0 Å². The third-order valence-electron chi connectivity index (χ3n) is 5.55. The van der Waals surface area contributed by atoms with Crippen LogP contribution in [0.4, 0.5) is 4.79 Å². The summed E-state index contributed by atoms with van der Waals surface area (Å²) in [4.78, 5) is 29.0. The summed E-state index contributed by atoms with van der Waals surface area (Å²) < 4.78 is 0. The Hall–Kier alpha value is -1.30. The van der Waals surface area contributed by atoms with Crippen molar-refractivity contribution in [2.75, 3.05) is 39.3 Å². The van der Waals surface area contributed by atoms with Crippen molar-refractivity contribution in [3.05, 3.63) is 0 Å². The summed E-state index contributed by atoms with van der Waals surface area (Å²) in [5, 5.41) is 6.60. The number of amides is 3. The summed E-state index contributed by atoms with van der Waals surface area (Å²) in [5.74, 6) is 0.568. The number of nitrogens with zero attached hydrogens (tertiary/aromatic N) is 2. The molecule has 3 atom stereocenters. The summed E-state index contributed by atoms with van der Waals surface area (Å²) in [6, 6.07) is 0.406. The first kappa shape index (κ1) is 16.6. The molecule has 0 aromatic rings. The number of urea groups is 1. The van der Waals surface area contributed by atoms with E-state index in [9.17, 15) is 9.59 Å². The van der Waals surface area contributed by atoms with Gasteiger partial charge in [0.15, 0.2) is 0 Å². The maximum absolute atomic E-state index is 12.6. The lowest BCUT2D eigenvalue weighted by atomic mass is 9.92. The van der Waals surface area contributed by atoms with Gasteiger partial charge in [-0.05, 0) is 51.1 Å². The molecule has 6 nitrogen and oxygen atoms in total. The van der Waals surface area contributed by atoms with E-state index in [0.717, 1.165) is 64.8 Å². The molecule has 0 aromatic carbocycles. The van der Waals surface area contributed by atoms with Crippen LogP contribution >= 0.6 is 0 Å². The number of nitrogens with one attached hydrogen (secondary N) is 2. The Kier molecular flexibility index (Phi) is 5.41. The molecule has 130 valence electrons. The van der Waals surface area contributed by atoms with Gasteiger partial charge in [0, 0.05) is 32.2 Å². The van der Waals surface area contributed by atoms with Gasteiger partial charge in [0.2, 0.25) is 5.91 Å². The molecule has 0 spiro atoms. The number of piperidine rings is 2. The summed E-state index contributed by atoms with van der Waals surface area (Å²) in [5.41, 5.74) is 0. The largest absolute Gasteiger partial charge is 0.353 e. The third-order valence-corrected chi connectivity index (χ3v) is 5.55. The van der Waals surface area contributed by atoms with E-state index in [1.807, 2.05) is 9.80 Å². The predicted octanol–water partition coefficient (Wildman–Crippen LogP) is 1.03. The highest BCUT2D eigenvalue weighted by molar-refractivity contribution is 5.81. The molecule has 23 heavy (non-hydrogen) atoms. The van der Waals surface area contributed by atoms with Gasteiger partial charge in [0.05, 0.1) is 5.92 Å². The van der Waals surface area contributed by atoms with Crippen molar-refractivity contribution in [1.29, 1.82) is 0 Å². The summed E-state index contributed by atoms with van der Waals surface area (Å²) in [6.45, 7) is 7.25. The van der Waals surface area contributed by atoms with Crippen molar-refractivity contribution in [3.8, 4) is 0 Å². The van der Waals surface area contributed by atoms with E-state index in [1.54, 1.807) is 0 Å². The van der Waals surface area contributed by atoms with Gasteiger partial charge in [-0.15, -0.1) is 0 Å². The van der Waals surface area contributed by atoms with Crippen LogP contribution in [0.5, 0.6) is 0 Å². The minimum atomic E-state index is -0.0441. The summed E-state index contributed by atoms with van der Waals surface area (Å²) in [7, 11) is 0. The zero-order chi connectivity index (χ0) is 16.2. The van der Waals surface area contributed by atoms with Crippen molar-refractivity contribution in [2.45, 2.75) is 45.1 Å². The van der Waals surface area contributed by atoms with Gasteiger partial charge in [0.25, 0.3) is 0 Å². The third kappa shape index (κ3) is 3.97. The van der Waals surface area contributed by atoms with Gasteiger partial charge >= 0.3 is 6.03 Å². The molecule has 0 saturated carbocycles. The fourth-order valence-electron chi connectivity index (χ4n) is 4.00. The lowest BCUT2D eigenvalue weighted by Crippen LogP contribution is -2.53. The van der Waals surface area contributed by atoms with Gasteiger partial charge < -0.3 is 20.4 Å². The number of rotatable bonds is 2. The smallest absolute Gasteiger partial charge is 0.320 e. The van der Waals surface area contributed by atoms with E-state index in [4.69, 9.17) is 0 Å². The second-order valence-corrected chi connectivity index (χ2v) is 7.35. The SMILES string of the molecule is CC1CNCCC1NC(=O)C1CCCN(C(=O)N2CCCC2)C1. The molecule has 3 fully saturated rings. The monoisotopic (exact) mass is 322 g/mol. The minimum Gasteiger partial charge on any atom is -0.353 e. The zero-order valence-corrected chi connectivity index (χ0v) is 14.2. The molecular formula is C17H30N4O2. The van der Waals surface area contributed by atoms with Crippen molar-refractivity contribution >= 4 is 11.9 Å². The van der Waals surface area contributed by atoms with Gasteiger partial charge in [0.1, 0.15) is 0 Å². The van der Waals surface area contributed by atoms with Crippen molar-refractivity contribution < 1.29 is 9.59 Å². The quantitative estimate of drug-likeness (QED) is 0.798. The molecule has 0 aliphatic carbocycles. The molecular weight excluding hydrogens is 292 g/mol. The summed E-state index contributed by atoms with van der Waals surface area (Å²) >= 11 is 0. The van der Waals surface area contributed by atoms with E-state index >= 15 is 0 Å². The lowest BCUT2D eigenvalue weighted by Gasteiger charge is -2.36. The van der Waals surface area contributed by atoms with Crippen LogP contribution in [0.25, 0.3) is 0 Å².